The monoisotopic (exact) mass is 268 g/mol. The van der Waals surface area contributed by atoms with Gasteiger partial charge in [0.25, 0.3) is 5.89 Å². The molecule has 0 saturated carbocycles. The van der Waals surface area contributed by atoms with Crippen molar-refractivity contribution in [1.82, 2.24) is 10.2 Å². The largest absolute Gasteiger partial charge is 0.478 e. The molecule has 1 heterocycles. The molecule has 0 bridgehead atoms. The quantitative estimate of drug-likeness (QED) is 0.866. The van der Waals surface area contributed by atoms with E-state index in [1.807, 2.05) is 0 Å². The predicted molar refractivity (Wildman–Crippen MR) is 61.4 cm³/mol. The third-order valence-electron chi connectivity index (χ3n) is 1.99. The van der Waals surface area contributed by atoms with Gasteiger partial charge >= 0.3 is 5.97 Å². The summed E-state index contributed by atoms with van der Waals surface area (Å²) < 4.78 is 18.6. The summed E-state index contributed by atoms with van der Waals surface area (Å²) in [5.74, 6) is -1.91. The number of nitrogens with zero attached hydrogens (tertiary/aromatic N) is 2. The summed E-state index contributed by atoms with van der Waals surface area (Å²) in [4.78, 5) is 10.3. The summed E-state index contributed by atoms with van der Waals surface area (Å²) in [5.41, 5.74) is -0.0124. The van der Waals surface area contributed by atoms with Gasteiger partial charge in [-0.05, 0) is 12.1 Å². The fourth-order valence-electron chi connectivity index (χ4n) is 1.25. The Morgan fingerprint density at radius 3 is 2.89 bits per heavy atom. The molecule has 0 saturated heterocycles. The van der Waals surface area contributed by atoms with Crippen LogP contribution in [0.4, 0.5) is 4.39 Å². The first kappa shape index (κ1) is 12.3. The molecule has 0 aliphatic heterocycles. The van der Waals surface area contributed by atoms with Crippen LogP contribution in [-0.2, 0) is 4.79 Å². The number of halogens is 2. The standard InChI is InChI=1S/C11H6ClFN2O3/c12-6-2-1-3-7(13)10(6)11-15-14-8(18-11)4-5-9(16)17/h1-5H,(H,16,17)/b5-4+. The van der Waals surface area contributed by atoms with Gasteiger partial charge in [-0.3, -0.25) is 0 Å². The van der Waals surface area contributed by atoms with Crippen LogP contribution in [-0.4, -0.2) is 21.3 Å². The molecule has 0 aliphatic carbocycles. The Balaban J connectivity index is 2.38. The smallest absolute Gasteiger partial charge is 0.328 e. The second kappa shape index (κ2) is 4.97. The fraction of sp³-hybridized carbons (Fsp3) is 0. The molecular formula is C11H6ClFN2O3. The molecule has 0 aliphatic rings. The molecule has 1 aromatic carbocycles. The molecule has 0 spiro atoms. The molecule has 18 heavy (non-hydrogen) atoms. The van der Waals surface area contributed by atoms with Crippen molar-refractivity contribution in [2.45, 2.75) is 0 Å². The number of carboxylic acids is 1. The van der Waals surface area contributed by atoms with E-state index in [1.54, 1.807) is 0 Å². The molecule has 92 valence electrons. The van der Waals surface area contributed by atoms with Crippen LogP contribution in [0, 0.1) is 5.82 Å². The Labute approximate surface area is 106 Å². The van der Waals surface area contributed by atoms with Gasteiger partial charge in [0.1, 0.15) is 5.82 Å². The van der Waals surface area contributed by atoms with Gasteiger partial charge in [-0.25, -0.2) is 9.18 Å². The van der Waals surface area contributed by atoms with Crippen LogP contribution in [0.2, 0.25) is 5.02 Å². The predicted octanol–water partition coefficient (Wildman–Crippen LogP) is 2.63. The normalized spacial score (nSPS) is 11.0. The van der Waals surface area contributed by atoms with E-state index in [-0.39, 0.29) is 22.4 Å². The Morgan fingerprint density at radius 2 is 2.22 bits per heavy atom. The van der Waals surface area contributed by atoms with E-state index in [2.05, 4.69) is 10.2 Å². The molecule has 2 rings (SSSR count). The maximum atomic E-state index is 13.5. The minimum atomic E-state index is -1.15. The van der Waals surface area contributed by atoms with Crippen molar-refractivity contribution in [2.75, 3.05) is 0 Å². The molecule has 5 nitrogen and oxygen atoms in total. The summed E-state index contributed by atoms with van der Waals surface area (Å²) in [6.07, 6.45) is 1.94. The van der Waals surface area contributed by atoms with Crippen molar-refractivity contribution in [3.8, 4) is 11.5 Å². The maximum absolute atomic E-state index is 13.5. The maximum Gasteiger partial charge on any atom is 0.328 e. The van der Waals surface area contributed by atoms with Crippen LogP contribution in [0.5, 0.6) is 0 Å². The van der Waals surface area contributed by atoms with E-state index in [9.17, 15) is 9.18 Å². The van der Waals surface area contributed by atoms with E-state index in [1.165, 1.54) is 18.2 Å². The van der Waals surface area contributed by atoms with Crippen molar-refractivity contribution >= 4 is 23.6 Å². The number of aliphatic carboxylic acids is 1. The Hall–Kier alpha value is -2.21. The molecule has 1 N–H and O–H groups in total. The van der Waals surface area contributed by atoms with Gasteiger partial charge in [0.05, 0.1) is 10.6 Å². The Kier molecular flexibility index (Phi) is 3.38. The van der Waals surface area contributed by atoms with Gasteiger partial charge in [0.15, 0.2) is 0 Å². The number of carboxylic acid groups (broad SMARTS) is 1. The summed E-state index contributed by atoms with van der Waals surface area (Å²) in [7, 11) is 0. The van der Waals surface area contributed by atoms with Crippen molar-refractivity contribution in [3.05, 3.63) is 41.0 Å². The van der Waals surface area contributed by atoms with Gasteiger partial charge in [0.2, 0.25) is 5.89 Å². The molecule has 0 atom stereocenters. The van der Waals surface area contributed by atoms with Crippen molar-refractivity contribution in [1.29, 1.82) is 0 Å². The summed E-state index contributed by atoms with van der Waals surface area (Å²) in [6, 6.07) is 4.14. The molecule has 2 aromatic rings. The van der Waals surface area contributed by atoms with E-state index < -0.39 is 11.8 Å². The van der Waals surface area contributed by atoms with Crippen molar-refractivity contribution < 1.29 is 18.7 Å². The van der Waals surface area contributed by atoms with Crippen LogP contribution >= 0.6 is 11.6 Å². The lowest BCUT2D eigenvalue weighted by Gasteiger charge is -1.99. The first-order chi connectivity index (χ1) is 8.58. The van der Waals surface area contributed by atoms with E-state index in [0.717, 1.165) is 12.2 Å². The van der Waals surface area contributed by atoms with Gasteiger partial charge in [-0.2, -0.15) is 0 Å². The molecule has 7 heteroatoms. The highest BCUT2D eigenvalue weighted by Crippen LogP contribution is 2.29. The Morgan fingerprint density at radius 1 is 1.44 bits per heavy atom. The molecule has 0 radical (unpaired) electrons. The number of benzene rings is 1. The van der Waals surface area contributed by atoms with Gasteiger partial charge in [0, 0.05) is 12.2 Å². The highest BCUT2D eigenvalue weighted by molar-refractivity contribution is 6.33. The number of hydrogen-bond acceptors (Lipinski definition) is 4. The Bertz CT molecular complexity index is 604. The highest BCUT2D eigenvalue weighted by Gasteiger charge is 2.15. The van der Waals surface area contributed by atoms with Crippen molar-refractivity contribution in [2.24, 2.45) is 0 Å². The summed E-state index contributed by atoms with van der Waals surface area (Å²) in [5, 5.41) is 15.7. The van der Waals surface area contributed by atoms with Crippen LogP contribution in [0.25, 0.3) is 17.5 Å². The third-order valence-corrected chi connectivity index (χ3v) is 2.30. The lowest BCUT2D eigenvalue weighted by molar-refractivity contribution is -0.131. The average molecular weight is 269 g/mol. The number of rotatable bonds is 3. The van der Waals surface area contributed by atoms with Crippen molar-refractivity contribution in [3.63, 3.8) is 0 Å². The lowest BCUT2D eigenvalue weighted by atomic mass is 10.2. The minimum Gasteiger partial charge on any atom is -0.478 e. The second-order valence-electron chi connectivity index (χ2n) is 3.21. The zero-order chi connectivity index (χ0) is 13.1. The van der Waals surface area contributed by atoms with Crippen LogP contribution < -0.4 is 0 Å². The zero-order valence-electron chi connectivity index (χ0n) is 8.80. The van der Waals surface area contributed by atoms with Gasteiger partial charge in [-0.15, -0.1) is 10.2 Å². The molecule has 0 amide bonds. The minimum absolute atomic E-state index is 0.0124. The first-order valence-electron chi connectivity index (χ1n) is 4.77. The number of aromatic nitrogens is 2. The lowest BCUT2D eigenvalue weighted by Crippen LogP contribution is -1.85. The SMILES string of the molecule is O=C(O)/C=C/c1nnc(-c2c(F)cccc2Cl)o1. The van der Waals surface area contributed by atoms with Gasteiger partial charge in [-0.1, -0.05) is 17.7 Å². The van der Waals surface area contributed by atoms with Crippen LogP contribution in [0.3, 0.4) is 0 Å². The molecular weight excluding hydrogens is 263 g/mol. The highest BCUT2D eigenvalue weighted by atomic mass is 35.5. The van der Waals surface area contributed by atoms with Crippen LogP contribution in [0.1, 0.15) is 5.89 Å². The van der Waals surface area contributed by atoms with E-state index in [4.69, 9.17) is 21.1 Å². The third kappa shape index (κ3) is 2.54. The first-order valence-corrected chi connectivity index (χ1v) is 5.14. The number of carbonyl (C=O) groups is 1. The topological polar surface area (TPSA) is 76.2 Å². The fourth-order valence-corrected chi connectivity index (χ4v) is 1.49. The van der Waals surface area contributed by atoms with E-state index in [0.29, 0.717) is 0 Å². The average Bonchev–Trinajstić information content (AvgIpc) is 2.75. The molecule has 0 unspecified atom stereocenters. The van der Waals surface area contributed by atoms with Crippen LogP contribution in [0.15, 0.2) is 28.7 Å². The number of hydrogen-bond donors (Lipinski definition) is 1. The molecule has 1 aromatic heterocycles. The summed E-state index contributed by atoms with van der Waals surface area (Å²) in [6.45, 7) is 0. The van der Waals surface area contributed by atoms with E-state index >= 15 is 0 Å². The van der Waals surface area contributed by atoms with Gasteiger partial charge < -0.3 is 9.52 Å². The zero-order valence-corrected chi connectivity index (χ0v) is 9.56. The summed E-state index contributed by atoms with van der Waals surface area (Å²) >= 11 is 5.82. The second-order valence-corrected chi connectivity index (χ2v) is 3.62. The molecule has 0 fully saturated rings.